The molecule has 4 rings (SSSR count). The molecule has 3 aromatic rings. The first-order valence-corrected chi connectivity index (χ1v) is 9.03. The molecule has 0 spiro atoms. The normalized spacial score (nSPS) is 16.0. The van der Waals surface area contributed by atoms with E-state index in [0.717, 1.165) is 18.7 Å². The number of carbonyl (C=O) groups is 1. The molecule has 0 bridgehead atoms. The number of ether oxygens (including phenoxy) is 2. The van der Waals surface area contributed by atoms with Crippen LogP contribution in [0.1, 0.15) is 22.2 Å². The number of nitrogens with one attached hydrogen (secondary N) is 2. The Kier molecular flexibility index (Phi) is 6.82. The second-order valence-electron chi connectivity index (χ2n) is 6.36. The molecular weight excluding hydrogens is 394 g/mol. The van der Waals surface area contributed by atoms with E-state index < -0.39 is 0 Å². The van der Waals surface area contributed by atoms with Gasteiger partial charge in [-0.05, 0) is 29.8 Å². The van der Waals surface area contributed by atoms with Gasteiger partial charge in [-0.1, -0.05) is 18.2 Å². The first kappa shape index (κ1) is 20.8. The lowest BCUT2D eigenvalue weighted by atomic mass is 10.1. The van der Waals surface area contributed by atoms with E-state index in [1.807, 2.05) is 42.5 Å². The molecule has 1 aromatic heterocycles. The highest BCUT2D eigenvalue weighted by Crippen LogP contribution is 2.21. The highest BCUT2D eigenvalue weighted by Gasteiger charge is 2.16. The van der Waals surface area contributed by atoms with E-state index in [1.54, 1.807) is 13.2 Å². The number of carbonyl (C=O) groups excluding carboxylic acids is 1. The van der Waals surface area contributed by atoms with E-state index >= 15 is 0 Å². The van der Waals surface area contributed by atoms with E-state index in [4.69, 9.17) is 9.47 Å². The maximum absolute atomic E-state index is 12.5. The van der Waals surface area contributed by atoms with E-state index in [1.165, 1.54) is 11.0 Å². The number of rotatable bonds is 5. The number of anilines is 1. The number of hydrogen-bond donors (Lipinski definition) is 2. The summed E-state index contributed by atoms with van der Waals surface area (Å²) in [6.07, 6.45) is 1.48. The van der Waals surface area contributed by atoms with Crippen LogP contribution in [0.5, 0.6) is 5.75 Å². The Hall–Kier alpha value is -2.94. The summed E-state index contributed by atoms with van der Waals surface area (Å²) in [7, 11) is 1.59. The maximum atomic E-state index is 12.5. The molecule has 9 heteroatoms. The van der Waals surface area contributed by atoms with Gasteiger partial charge in [0, 0.05) is 24.8 Å². The van der Waals surface area contributed by atoms with Gasteiger partial charge in [-0.3, -0.25) is 4.79 Å². The molecule has 1 atom stereocenters. The summed E-state index contributed by atoms with van der Waals surface area (Å²) in [5.41, 5.74) is 2.71. The molecule has 1 saturated heterocycles. The zero-order valence-corrected chi connectivity index (χ0v) is 16.7. The van der Waals surface area contributed by atoms with Crippen LogP contribution in [0, 0.1) is 0 Å². The van der Waals surface area contributed by atoms with E-state index in [-0.39, 0.29) is 30.1 Å². The summed E-state index contributed by atoms with van der Waals surface area (Å²) in [6, 6.07) is 14.9. The van der Waals surface area contributed by atoms with Gasteiger partial charge in [0.05, 0.1) is 31.7 Å². The van der Waals surface area contributed by atoms with Gasteiger partial charge < -0.3 is 20.1 Å². The lowest BCUT2D eigenvalue weighted by molar-refractivity contribution is 0.0277. The third-order valence-corrected chi connectivity index (χ3v) is 4.48. The molecule has 152 valence electrons. The third kappa shape index (κ3) is 4.92. The molecular formula is C20H22ClN5O3. The molecule has 2 N–H and O–H groups in total. The minimum absolute atomic E-state index is 0. The van der Waals surface area contributed by atoms with Gasteiger partial charge >= 0.3 is 0 Å². The van der Waals surface area contributed by atoms with Crippen LogP contribution in [-0.2, 0) is 4.74 Å². The fourth-order valence-electron chi connectivity index (χ4n) is 2.98. The lowest BCUT2D eigenvalue weighted by Crippen LogP contribution is -2.33. The van der Waals surface area contributed by atoms with Gasteiger partial charge in [-0.2, -0.15) is 9.90 Å². The van der Waals surface area contributed by atoms with Crippen LogP contribution in [0.3, 0.4) is 0 Å². The molecule has 0 unspecified atom stereocenters. The number of hydrogen-bond acceptors (Lipinski definition) is 6. The third-order valence-electron chi connectivity index (χ3n) is 4.48. The Morgan fingerprint density at radius 3 is 2.83 bits per heavy atom. The summed E-state index contributed by atoms with van der Waals surface area (Å²) >= 11 is 0. The van der Waals surface area contributed by atoms with Crippen molar-refractivity contribution in [3.8, 4) is 11.4 Å². The van der Waals surface area contributed by atoms with Crippen LogP contribution in [0.2, 0.25) is 0 Å². The lowest BCUT2D eigenvalue weighted by Gasteiger charge is -2.24. The van der Waals surface area contributed by atoms with Crippen molar-refractivity contribution in [1.82, 2.24) is 20.3 Å². The number of morpholine rings is 1. The average Bonchev–Trinajstić information content (AvgIpc) is 3.25. The van der Waals surface area contributed by atoms with Crippen LogP contribution in [0.25, 0.3) is 5.69 Å². The minimum Gasteiger partial charge on any atom is -0.497 e. The first-order chi connectivity index (χ1) is 13.7. The van der Waals surface area contributed by atoms with E-state index in [2.05, 4.69) is 20.8 Å². The monoisotopic (exact) mass is 415 g/mol. The molecule has 2 heterocycles. The van der Waals surface area contributed by atoms with Crippen molar-refractivity contribution < 1.29 is 14.3 Å². The van der Waals surface area contributed by atoms with Crippen molar-refractivity contribution in [3.05, 3.63) is 66.0 Å². The Labute approximate surface area is 174 Å². The molecule has 0 saturated carbocycles. The summed E-state index contributed by atoms with van der Waals surface area (Å²) in [5.74, 6) is 0.371. The summed E-state index contributed by atoms with van der Waals surface area (Å²) in [4.78, 5) is 13.9. The number of amides is 1. The molecule has 8 nitrogen and oxygen atoms in total. The molecule has 1 aliphatic heterocycles. The van der Waals surface area contributed by atoms with Gasteiger partial charge in [0.1, 0.15) is 5.75 Å². The fourth-order valence-corrected chi connectivity index (χ4v) is 2.98. The SMILES string of the molecule is COc1cccc(-n2ncc(C(=O)Nc3ccc([C@H]4CNCCO4)cc3)n2)c1.Cl. The van der Waals surface area contributed by atoms with E-state index in [9.17, 15) is 4.79 Å². The number of halogens is 1. The summed E-state index contributed by atoms with van der Waals surface area (Å²) in [6.45, 7) is 2.37. The zero-order chi connectivity index (χ0) is 19.3. The second kappa shape index (κ2) is 9.51. The molecule has 1 aliphatic rings. The van der Waals surface area contributed by atoms with Gasteiger partial charge in [0.2, 0.25) is 0 Å². The fraction of sp³-hybridized carbons (Fsp3) is 0.250. The van der Waals surface area contributed by atoms with Crippen molar-refractivity contribution >= 4 is 24.0 Å². The van der Waals surface area contributed by atoms with Gasteiger partial charge in [-0.15, -0.1) is 17.5 Å². The van der Waals surface area contributed by atoms with E-state index in [0.29, 0.717) is 23.7 Å². The van der Waals surface area contributed by atoms with Gasteiger partial charge in [0.25, 0.3) is 5.91 Å². The van der Waals surface area contributed by atoms with Crippen molar-refractivity contribution in [2.24, 2.45) is 0 Å². The molecule has 1 amide bonds. The summed E-state index contributed by atoms with van der Waals surface area (Å²) in [5, 5.41) is 14.6. The Morgan fingerprint density at radius 2 is 2.10 bits per heavy atom. The van der Waals surface area contributed by atoms with Gasteiger partial charge in [0.15, 0.2) is 5.69 Å². The topological polar surface area (TPSA) is 90.3 Å². The molecule has 0 radical (unpaired) electrons. The van der Waals surface area contributed by atoms with Crippen molar-refractivity contribution in [2.75, 3.05) is 32.1 Å². The second-order valence-corrected chi connectivity index (χ2v) is 6.36. The first-order valence-electron chi connectivity index (χ1n) is 9.03. The number of aromatic nitrogens is 3. The van der Waals surface area contributed by atoms with Crippen LogP contribution in [0.4, 0.5) is 5.69 Å². The quantitative estimate of drug-likeness (QED) is 0.665. The predicted molar refractivity (Wildman–Crippen MR) is 111 cm³/mol. The number of nitrogens with zero attached hydrogens (tertiary/aromatic N) is 3. The molecule has 1 fully saturated rings. The predicted octanol–water partition coefficient (Wildman–Crippen LogP) is 2.61. The van der Waals surface area contributed by atoms with Gasteiger partial charge in [-0.25, -0.2) is 0 Å². The number of methoxy groups -OCH3 is 1. The Morgan fingerprint density at radius 1 is 1.28 bits per heavy atom. The van der Waals surface area contributed by atoms with Crippen LogP contribution >= 0.6 is 12.4 Å². The Balaban J connectivity index is 0.00000240. The largest absolute Gasteiger partial charge is 0.497 e. The maximum Gasteiger partial charge on any atom is 0.277 e. The molecule has 0 aliphatic carbocycles. The highest BCUT2D eigenvalue weighted by atomic mass is 35.5. The Bertz CT molecular complexity index is 955. The molecule has 2 aromatic carbocycles. The van der Waals surface area contributed by atoms with Crippen LogP contribution in [-0.4, -0.2) is 47.7 Å². The highest BCUT2D eigenvalue weighted by molar-refractivity contribution is 6.02. The van der Waals surface area contributed by atoms with Crippen molar-refractivity contribution in [2.45, 2.75) is 6.10 Å². The minimum atomic E-state index is -0.322. The van der Waals surface area contributed by atoms with Crippen molar-refractivity contribution in [3.63, 3.8) is 0 Å². The zero-order valence-electron chi connectivity index (χ0n) is 15.9. The average molecular weight is 416 g/mol. The number of benzene rings is 2. The van der Waals surface area contributed by atoms with Crippen molar-refractivity contribution in [1.29, 1.82) is 0 Å². The standard InChI is InChI=1S/C20H21N5O3.ClH/c1-27-17-4-2-3-16(11-17)25-22-12-18(24-25)20(26)23-15-7-5-14(6-8-15)19-13-21-9-10-28-19;/h2-8,11-12,19,21H,9-10,13H2,1H3,(H,23,26);1H/t19-;/m1./s1. The smallest absolute Gasteiger partial charge is 0.277 e. The van der Waals surface area contributed by atoms with Crippen LogP contribution < -0.4 is 15.4 Å². The molecule has 29 heavy (non-hydrogen) atoms. The van der Waals surface area contributed by atoms with Crippen LogP contribution in [0.15, 0.2) is 54.7 Å². The summed E-state index contributed by atoms with van der Waals surface area (Å²) < 4.78 is 10.9.